The minimum absolute atomic E-state index is 0.395. The maximum atomic E-state index is 4.72. The van der Waals surface area contributed by atoms with Gasteiger partial charge in [-0.1, -0.05) is 28.9 Å². The Balaban J connectivity index is 1.98. The highest BCUT2D eigenvalue weighted by Gasteiger charge is 2.13. The molecule has 1 N–H and O–H groups in total. The van der Waals surface area contributed by atoms with Crippen molar-refractivity contribution < 1.29 is 0 Å². The molecule has 0 fully saturated rings. The summed E-state index contributed by atoms with van der Waals surface area (Å²) in [7, 11) is 0. The van der Waals surface area contributed by atoms with Gasteiger partial charge < -0.3 is 5.32 Å². The molecule has 1 aromatic heterocycles. The van der Waals surface area contributed by atoms with Gasteiger partial charge in [0.05, 0.1) is 11.4 Å². The van der Waals surface area contributed by atoms with Gasteiger partial charge in [-0.05, 0) is 45.0 Å². The lowest BCUT2D eigenvalue weighted by atomic mass is 10.2. The smallest absolute Gasteiger partial charge is 0.103 e. The van der Waals surface area contributed by atoms with Crippen molar-refractivity contribution in [3.8, 4) is 0 Å². The maximum Gasteiger partial charge on any atom is 0.103 e. The van der Waals surface area contributed by atoms with E-state index in [4.69, 9.17) is 4.98 Å². The quantitative estimate of drug-likeness (QED) is 0.631. The maximum absolute atomic E-state index is 4.72. The van der Waals surface area contributed by atoms with Gasteiger partial charge in [-0.2, -0.15) is 0 Å². The Morgan fingerprint density at radius 2 is 2.24 bits per heavy atom. The van der Waals surface area contributed by atoms with Crippen LogP contribution in [0.1, 0.15) is 41.9 Å². The molecule has 5 heteroatoms. The van der Waals surface area contributed by atoms with E-state index in [-0.39, 0.29) is 0 Å². The summed E-state index contributed by atoms with van der Waals surface area (Å²) in [5, 5.41) is 4.75. The summed E-state index contributed by atoms with van der Waals surface area (Å²) in [6.45, 7) is 7.59. The van der Waals surface area contributed by atoms with Crippen molar-refractivity contribution in [3.63, 3.8) is 0 Å². The largest absolute Gasteiger partial charge is 0.309 e. The Kier molecular flexibility index (Phi) is 6.74. The first-order valence-electron chi connectivity index (χ1n) is 7.18. The first-order valence-corrected chi connectivity index (χ1v) is 9.77. The molecular weight excluding hydrogens is 364 g/mol. The van der Waals surface area contributed by atoms with Crippen molar-refractivity contribution in [1.82, 2.24) is 10.3 Å². The zero-order chi connectivity index (χ0) is 15.2. The molecule has 1 heterocycles. The molecule has 0 bridgehead atoms. The second kappa shape index (κ2) is 8.32. The molecule has 1 unspecified atom stereocenters. The monoisotopic (exact) mass is 384 g/mol. The van der Waals surface area contributed by atoms with Gasteiger partial charge in [-0.3, -0.25) is 0 Å². The van der Waals surface area contributed by atoms with Crippen LogP contribution in [0.3, 0.4) is 0 Å². The van der Waals surface area contributed by atoms with E-state index in [0.717, 1.165) is 23.2 Å². The second-order valence-electron chi connectivity index (χ2n) is 4.98. The summed E-state index contributed by atoms with van der Waals surface area (Å²) in [6.07, 6.45) is 1.16. The highest BCUT2D eigenvalue weighted by atomic mass is 79.9. The van der Waals surface area contributed by atoms with Gasteiger partial charge in [-0.25, -0.2) is 4.98 Å². The fraction of sp³-hybridized carbons (Fsp3) is 0.438. The van der Waals surface area contributed by atoms with E-state index < -0.39 is 0 Å². The van der Waals surface area contributed by atoms with E-state index in [0.29, 0.717) is 6.04 Å². The number of hydrogen-bond donors (Lipinski definition) is 1. The number of nitrogens with zero attached hydrogens (tertiary/aromatic N) is 1. The molecule has 114 valence electrons. The highest BCUT2D eigenvalue weighted by Crippen LogP contribution is 2.30. The van der Waals surface area contributed by atoms with E-state index in [2.05, 4.69) is 66.3 Å². The van der Waals surface area contributed by atoms with E-state index >= 15 is 0 Å². The van der Waals surface area contributed by atoms with E-state index in [9.17, 15) is 0 Å². The summed E-state index contributed by atoms with van der Waals surface area (Å²) in [6, 6.07) is 8.81. The third-order valence-corrected chi connectivity index (χ3v) is 6.15. The zero-order valence-corrected chi connectivity index (χ0v) is 15.9. The lowest BCUT2D eigenvalue weighted by molar-refractivity contribution is 0.575. The van der Waals surface area contributed by atoms with Crippen LogP contribution in [0, 0.1) is 6.92 Å². The summed E-state index contributed by atoms with van der Waals surface area (Å²) < 4.78 is 1.13. The van der Waals surface area contributed by atoms with E-state index in [1.807, 2.05) is 23.1 Å². The lowest BCUT2D eigenvalue weighted by Gasteiger charge is -2.11. The van der Waals surface area contributed by atoms with Crippen LogP contribution in [0.25, 0.3) is 0 Å². The molecule has 21 heavy (non-hydrogen) atoms. The molecule has 1 atom stereocenters. The summed E-state index contributed by atoms with van der Waals surface area (Å²) in [4.78, 5) is 7.37. The number of hydrogen-bond acceptors (Lipinski definition) is 4. The van der Waals surface area contributed by atoms with Crippen molar-refractivity contribution in [2.75, 3.05) is 6.54 Å². The number of aromatic nitrogens is 1. The van der Waals surface area contributed by atoms with Gasteiger partial charge in [0.1, 0.15) is 5.01 Å². The third kappa shape index (κ3) is 5.09. The van der Waals surface area contributed by atoms with E-state index in [1.165, 1.54) is 20.5 Å². The van der Waals surface area contributed by atoms with Crippen LogP contribution < -0.4 is 5.32 Å². The molecule has 0 saturated heterocycles. The average molecular weight is 385 g/mol. The van der Waals surface area contributed by atoms with Crippen molar-refractivity contribution >= 4 is 39.0 Å². The van der Waals surface area contributed by atoms with Crippen LogP contribution in [0.2, 0.25) is 0 Å². The number of thiazole rings is 1. The standard InChI is InChI=1S/C16H21BrN2S2/c1-4-8-18-11(2)16-12(3)19-15(21-16)10-20-14-7-5-6-13(17)9-14/h5-7,9,11,18H,4,8,10H2,1-3H3. The van der Waals surface area contributed by atoms with Crippen molar-refractivity contribution in [3.05, 3.63) is 44.3 Å². The Labute approximate surface area is 143 Å². The molecule has 0 saturated carbocycles. The number of thioether (sulfide) groups is 1. The lowest BCUT2D eigenvalue weighted by Crippen LogP contribution is -2.18. The molecule has 0 aliphatic carbocycles. The van der Waals surface area contributed by atoms with Gasteiger partial charge in [0, 0.05) is 20.3 Å². The fourth-order valence-corrected chi connectivity index (χ4v) is 4.68. The van der Waals surface area contributed by atoms with Crippen molar-refractivity contribution in [1.29, 1.82) is 0 Å². The Bertz CT molecular complexity index is 583. The Morgan fingerprint density at radius 3 is 2.95 bits per heavy atom. The number of nitrogens with one attached hydrogen (secondary N) is 1. The molecule has 2 aromatic rings. The Morgan fingerprint density at radius 1 is 1.43 bits per heavy atom. The van der Waals surface area contributed by atoms with Gasteiger partial charge in [0.25, 0.3) is 0 Å². The van der Waals surface area contributed by atoms with Crippen LogP contribution in [0.4, 0.5) is 0 Å². The van der Waals surface area contributed by atoms with Crippen LogP contribution in [0.15, 0.2) is 33.6 Å². The molecule has 0 amide bonds. The molecule has 0 aliphatic heterocycles. The predicted molar refractivity (Wildman–Crippen MR) is 97.3 cm³/mol. The molecule has 0 radical (unpaired) electrons. The number of halogens is 1. The minimum atomic E-state index is 0.395. The van der Waals surface area contributed by atoms with Crippen LogP contribution in [-0.4, -0.2) is 11.5 Å². The number of benzene rings is 1. The van der Waals surface area contributed by atoms with Crippen molar-refractivity contribution in [2.24, 2.45) is 0 Å². The number of rotatable bonds is 7. The first kappa shape index (κ1) is 17.0. The second-order valence-corrected chi connectivity index (χ2v) is 8.06. The molecular formula is C16H21BrN2S2. The van der Waals surface area contributed by atoms with Gasteiger partial charge in [0.15, 0.2) is 0 Å². The topological polar surface area (TPSA) is 24.9 Å². The Hall–Kier alpha value is -0.360. The molecule has 2 rings (SSSR count). The molecule has 0 aliphatic rings. The van der Waals surface area contributed by atoms with Crippen LogP contribution >= 0.6 is 39.0 Å². The minimum Gasteiger partial charge on any atom is -0.309 e. The van der Waals surface area contributed by atoms with Gasteiger partial charge >= 0.3 is 0 Å². The fourth-order valence-electron chi connectivity index (χ4n) is 2.08. The highest BCUT2D eigenvalue weighted by molar-refractivity contribution is 9.10. The molecule has 2 nitrogen and oxygen atoms in total. The SMILES string of the molecule is CCCNC(C)c1sc(CSc2cccc(Br)c2)nc1C. The van der Waals surface area contributed by atoms with Gasteiger partial charge in [-0.15, -0.1) is 23.1 Å². The normalized spacial score (nSPS) is 12.6. The average Bonchev–Trinajstić information content (AvgIpc) is 2.84. The third-order valence-electron chi connectivity index (χ3n) is 3.13. The number of aryl methyl sites for hydroxylation is 1. The summed E-state index contributed by atoms with van der Waals surface area (Å²) in [5.41, 5.74) is 1.17. The zero-order valence-electron chi connectivity index (χ0n) is 12.6. The molecule has 1 aromatic carbocycles. The molecule has 0 spiro atoms. The summed E-state index contributed by atoms with van der Waals surface area (Å²) in [5.74, 6) is 0.933. The van der Waals surface area contributed by atoms with Crippen molar-refractivity contribution in [2.45, 2.75) is 43.9 Å². The summed E-state index contributed by atoms with van der Waals surface area (Å²) >= 11 is 7.18. The predicted octanol–water partition coefficient (Wildman–Crippen LogP) is 5.57. The van der Waals surface area contributed by atoms with Crippen LogP contribution in [-0.2, 0) is 5.75 Å². The van der Waals surface area contributed by atoms with Crippen LogP contribution in [0.5, 0.6) is 0 Å². The van der Waals surface area contributed by atoms with E-state index in [1.54, 1.807) is 0 Å². The first-order chi connectivity index (χ1) is 10.1. The van der Waals surface area contributed by atoms with Gasteiger partial charge in [0.2, 0.25) is 0 Å².